The number of para-hydroxylation sites is 1. The van der Waals surface area contributed by atoms with Crippen molar-refractivity contribution in [1.29, 1.82) is 5.26 Å². The minimum Gasteiger partial charge on any atom is -0.473 e. The lowest BCUT2D eigenvalue weighted by Crippen LogP contribution is -2.58. The van der Waals surface area contributed by atoms with Crippen molar-refractivity contribution < 1.29 is 37.1 Å². The van der Waals surface area contributed by atoms with Gasteiger partial charge in [0.15, 0.2) is 5.75 Å². The molecule has 4 atom stereocenters. The predicted octanol–water partition coefficient (Wildman–Crippen LogP) is 4.02. The van der Waals surface area contributed by atoms with Gasteiger partial charge in [-0.3, -0.25) is 19.2 Å². The predicted molar refractivity (Wildman–Crippen MR) is 159 cm³/mol. The number of carbonyl (C=O) groups is 4. The van der Waals surface area contributed by atoms with E-state index in [0.717, 1.165) is 41.7 Å². The van der Waals surface area contributed by atoms with E-state index in [1.54, 1.807) is 12.1 Å². The molecule has 0 bridgehead atoms. The van der Waals surface area contributed by atoms with Gasteiger partial charge in [-0.2, -0.15) is 18.4 Å². The number of halogens is 3. The summed E-state index contributed by atoms with van der Waals surface area (Å²) in [5.74, 6) is -3.61. The van der Waals surface area contributed by atoms with Gasteiger partial charge in [0.25, 0.3) is 5.91 Å². The van der Waals surface area contributed by atoms with E-state index in [0.29, 0.717) is 11.4 Å². The topological polar surface area (TPSA) is 132 Å². The molecule has 2 aromatic carbocycles. The molecule has 2 unspecified atom stereocenters. The van der Waals surface area contributed by atoms with E-state index in [1.807, 2.05) is 41.7 Å². The number of nitriles is 1. The minimum atomic E-state index is -5.17. The third kappa shape index (κ3) is 6.25. The number of ether oxygens (including phenoxy) is 1. The summed E-state index contributed by atoms with van der Waals surface area (Å²) in [7, 11) is 1.34. The normalized spacial score (nSPS) is 23.4. The van der Waals surface area contributed by atoms with Gasteiger partial charge in [0, 0.05) is 19.0 Å². The lowest BCUT2D eigenvalue weighted by Gasteiger charge is -2.36. The molecule has 2 saturated carbocycles. The first kappa shape index (κ1) is 31.4. The molecule has 2 heterocycles. The summed E-state index contributed by atoms with van der Waals surface area (Å²) in [5, 5.41) is 14.9. The lowest BCUT2D eigenvalue weighted by atomic mass is 9.95. The molecule has 1 spiro atoms. The largest absolute Gasteiger partial charge is 0.473 e. The van der Waals surface area contributed by atoms with Crippen LogP contribution in [0.3, 0.4) is 0 Å². The molecule has 0 radical (unpaired) electrons. The molecule has 242 valence electrons. The smallest absolute Gasteiger partial charge is 0.471 e. The number of carbonyl (C=O) groups excluding carboxylic acids is 4. The van der Waals surface area contributed by atoms with E-state index in [1.165, 1.54) is 11.9 Å². The number of fused-ring (bicyclic) bond motifs is 1. The number of nitrogens with zero attached hydrogens (tertiary/aromatic N) is 3. The summed E-state index contributed by atoms with van der Waals surface area (Å²) in [6.07, 6.45) is -1.93. The van der Waals surface area contributed by atoms with Crippen LogP contribution in [0.5, 0.6) is 5.75 Å². The van der Waals surface area contributed by atoms with Gasteiger partial charge < -0.3 is 25.2 Å². The summed E-state index contributed by atoms with van der Waals surface area (Å²) >= 11 is 0. The molecule has 1 saturated heterocycles. The average molecular weight is 638 g/mol. The van der Waals surface area contributed by atoms with Crippen LogP contribution in [0, 0.1) is 23.2 Å². The van der Waals surface area contributed by atoms with Crippen LogP contribution in [0.15, 0.2) is 48.5 Å². The van der Waals surface area contributed by atoms with E-state index in [-0.39, 0.29) is 37.6 Å². The summed E-state index contributed by atoms with van der Waals surface area (Å²) in [5.41, 5.74) is 0.428. The summed E-state index contributed by atoms with van der Waals surface area (Å²) in [6.45, 7) is -0.266. The summed E-state index contributed by atoms with van der Waals surface area (Å²) in [4.78, 5) is 55.6. The lowest BCUT2D eigenvalue weighted by molar-refractivity contribution is -0.175. The van der Waals surface area contributed by atoms with Crippen LogP contribution in [0.25, 0.3) is 11.1 Å². The highest BCUT2D eigenvalue weighted by atomic mass is 19.4. The third-order valence-corrected chi connectivity index (χ3v) is 9.30. The number of rotatable bonds is 9. The van der Waals surface area contributed by atoms with E-state index in [4.69, 9.17) is 4.74 Å². The van der Waals surface area contributed by atoms with Gasteiger partial charge >= 0.3 is 12.1 Å². The first-order chi connectivity index (χ1) is 21.9. The quantitative estimate of drug-likeness (QED) is 0.427. The van der Waals surface area contributed by atoms with Crippen molar-refractivity contribution in [1.82, 2.24) is 15.1 Å². The van der Waals surface area contributed by atoms with E-state index in [9.17, 15) is 37.6 Å². The third-order valence-electron chi connectivity index (χ3n) is 9.30. The van der Waals surface area contributed by atoms with Crippen LogP contribution in [-0.2, 0) is 19.2 Å². The molecule has 2 aliphatic carbocycles. The Kier molecular flexibility index (Phi) is 8.16. The molecule has 10 nitrogen and oxygen atoms in total. The molecule has 4 aliphatic rings. The van der Waals surface area contributed by atoms with Crippen LogP contribution in [0.2, 0.25) is 0 Å². The zero-order chi connectivity index (χ0) is 32.8. The molecule has 46 heavy (non-hydrogen) atoms. The maximum absolute atomic E-state index is 14.3. The van der Waals surface area contributed by atoms with Gasteiger partial charge in [-0.15, -0.1) is 0 Å². The van der Waals surface area contributed by atoms with Gasteiger partial charge in [0.1, 0.15) is 18.1 Å². The van der Waals surface area contributed by atoms with Crippen LogP contribution in [0.4, 0.5) is 18.9 Å². The summed E-state index contributed by atoms with van der Waals surface area (Å²) in [6, 6.07) is 13.2. The Morgan fingerprint density at radius 3 is 2.39 bits per heavy atom. The van der Waals surface area contributed by atoms with Crippen molar-refractivity contribution >= 4 is 29.3 Å². The van der Waals surface area contributed by atoms with Crippen LogP contribution < -0.4 is 15.4 Å². The average Bonchev–Trinajstić information content (AvgIpc) is 3.98. The zero-order valence-electron chi connectivity index (χ0n) is 25.2. The molecule has 2 aromatic rings. The Labute approximate surface area is 263 Å². The maximum Gasteiger partial charge on any atom is 0.471 e. The molecule has 3 fully saturated rings. The standard InChI is InChI=1S/C33H34F3N5O5/c1-40(28(42)25(14-19-10-11-19)39-31(45)33(34,35)36)26(15-20-12-13-20)29(43)41-18-32(16-22(41)17-37)30(44)38-24-9-5-8-23(27(24)46-32)21-6-3-2-4-7-21/h2-9,19-20,22,25-26H,10-16,18H2,1H3,(H,38,44)(H,39,45)/t22-,25?,26?,32+/m0/s1. The van der Waals surface area contributed by atoms with Crippen molar-refractivity contribution in [3.63, 3.8) is 0 Å². The molecule has 0 aromatic heterocycles. The number of likely N-dealkylation sites (tertiary alicyclic amines) is 1. The molecule has 2 aliphatic heterocycles. The maximum atomic E-state index is 14.3. The van der Waals surface area contributed by atoms with Gasteiger partial charge in [0.2, 0.25) is 17.4 Å². The van der Waals surface area contributed by atoms with Crippen molar-refractivity contribution in [2.45, 2.75) is 74.8 Å². The fraction of sp³-hybridized carbons (Fsp3) is 0.485. The number of likely N-dealkylation sites (N-methyl/N-ethyl adjacent to an activating group) is 1. The number of alkyl halides is 3. The molecular formula is C33H34F3N5O5. The molecule has 13 heteroatoms. The Balaban J connectivity index is 1.26. The number of amides is 4. The Morgan fingerprint density at radius 1 is 1.09 bits per heavy atom. The molecule has 4 amide bonds. The molecular weight excluding hydrogens is 603 g/mol. The van der Waals surface area contributed by atoms with Gasteiger partial charge in [-0.25, -0.2) is 0 Å². The SMILES string of the molecule is CN(C(=O)C(CC1CC1)NC(=O)C(F)(F)F)C(CC1CC1)C(=O)N1C[C@@]2(C[C@H]1C#N)Oc1c(cccc1-c1ccccc1)NC2=O. The number of benzene rings is 2. The second kappa shape index (κ2) is 12.0. The van der Waals surface area contributed by atoms with Crippen LogP contribution >= 0.6 is 0 Å². The van der Waals surface area contributed by atoms with E-state index in [2.05, 4.69) is 11.4 Å². The highest BCUT2D eigenvalue weighted by molar-refractivity contribution is 6.04. The number of hydrogen-bond donors (Lipinski definition) is 2. The van der Waals surface area contributed by atoms with E-state index >= 15 is 0 Å². The first-order valence-electron chi connectivity index (χ1n) is 15.4. The minimum absolute atomic E-state index is 0.000458. The Bertz CT molecular complexity index is 1590. The zero-order valence-corrected chi connectivity index (χ0v) is 25.2. The van der Waals surface area contributed by atoms with Crippen molar-refractivity contribution in [3.8, 4) is 22.9 Å². The van der Waals surface area contributed by atoms with Gasteiger partial charge in [0.05, 0.1) is 18.3 Å². The number of nitrogens with one attached hydrogen (secondary N) is 2. The number of hydrogen-bond acceptors (Lipinski definition) is 6. The van der Waals surface area contributed by atoms with Crippen molar-refractivity contribution in [2.24, 2.45) is 11.8 Å². The summed E-state index contributed by atoms with van der Waals surface area (Å²) < 4.78 is 45.8. The van der Waals surface area contributed by atoms with Crippen molar-refractivity contribution in [2.75, 3.05) is 18.9 Å². The monoisotopic (exact) mass is 637 g/mol. The second-order valence-electron chi connectivity index (χ2n) is 12.8. The Morgan fingerprint density at radius 2 is 1.76 bits per heavy atom. The first-order valence-corrected chi connectivity index (χ1v) is 15.4. The highest BCUT2D eigenvalue weighted by Gasteiger charge is 2.57. The van der Waals surface area contributed by atoms with E-state index < -0.39 is 53.5 Å². The van der Waals surface area contributed by atoms with Gasteiger partial charge in [-0.05, 0) is 36.3 Å². The fourth-order valence-electron chi connectivity index (χ4n) is 6.36. The molecule has 6 rings (SSSR count). The van der Waals surface area contributed by atoms with Gasteiger partial charge in [-0.1, -0.05) is 68.1 Å². The van der Waals surface area contributed by atoms with Crippen LogP contribution in [-0.4, -0.2) is 76.9 Å². The van der Waals surface area contributed by atoms with Crippen molar-refractivity contribution in [3.05, 3.63) is 48.5 Å². The molecule has 2 N–H and O–H groups in total. The number of anilines is 1. The fourth-order valence-corrected chi connectivity index (χ4v) is 6.36. The van der Waals surface area contributed by atoms with Crippen LogP contribution in [0.1, 0.15) is 44.9 Å². The second-order valence-corrected chi connectivity index (χ2v) is 12.8. The highest BCUT2D eigenvalue weighted by Crippen LogP contribution is 2.46. The Hall–Kier alpha value is -4.60.